The van der Waals surface area contributed by atoms with Gasteiger partial charge in [0.15, 0.2) is 0 Å². The number of pyridine rings is 1. The number of aromatic nitrogens is 1. The Kier molecular flexibility index (Phi) is 3.62. The first kappa shape index (κ1) is 12.3. The van der Waals surface area contributed by atoms with E-state index in [1.54, 1.807) is 24.3 Å². The molecule has 0 fully saturated rings. The highest BCUT2D eigenvalue weighted by molar-refractivity contribution is 6.42. The minimum absolute atomic E-state index is 0.235. The summed E-state index contributed by atoms with van der Waals surface area (Å²) in [5.74, 6) is 0.624. The average Bonchev–Trinajstić information content (AvgIpc) is 2.28. The SMILES string of the molecule is Nc1cc(Cl)cnc1Oc1cccc(Cl)c1Cl. The van der Waals surface area contributed by atoms with Crippen molar-refractivity contribution in [2.45, 2.75) is 0 Å². The van der Waals surface area contributed by atoms with E-state index >= 15 is 0 Å². The number of anilines is 1. The number of benzene rings is 1. The van der Waals surface area contributed by atoms with Crippen LogP contribution in [-0.2, 0) is 0 Å². The van der Waals surface area contributed by atoms with E-state index < -0.39 is 0 Å². The van der Waals surface area contributed by atoms with Crippen LogP contribution in [0.25, 0.3) is 0 Å². The second-order valence-electron chi connectivity index (χ2n) is 3.20. The van der Waals surface area contributed by atoms with Crippen LogP contribution in [0.1, 0.15) is 0 Å². The number of nitrogen functional groups attached to an aromatic ring is 1. The van der Waals surface area contributed by atoms with Crippen LogP contribution in [0, 0.1) is 0 Å². The van der Waals surface area contributed by atoms with Crippen molar-refractivity contribution in [3.05, 3.63) is 45.5 Å². The van der Waals surface area contributed by atoms with Crippen LogP contribution in [-0.4, -0.2) is 4.98 Å². The lowest BCUT2D eigenvalue weighted by Crippen LogP contribution is -1.95. The minimum Gasteiger partial charge on any atom is -0.435 e. The van der Waals surface area contributed by atoms with Gasteiger partial charge in [0.2, 0.25) is 5.88 Å². The van der Waals surface area contributed by atoms with E-state index in [-0.39, 0.29) is 5.88 Å². The fourth-order valence-electron chi connectivity index (χ4n) is 1.19. The molecule has 6 heteroatoms. The molecule has 2 aromatic rings. The highest BCUT2D eigenvalue weighted by Crippen LogP contribution is 2.35. The lowest BCUT2D eigenvalue weighted by atomic mass is 10.3. The van der Waals surface area contributed by atoms with Gasteiger partial charge < -0.3 is 10.5 Å². The number of nitrogens with zero attached hydrogens (tertiary/aromatic N) is 1. The summed E-state index contributed by atoms with van der Waals surface area (Å²) >= 11 is 17.6. The van der Waals surface area contributed by atoms with Crippen molar-refractivity contribution in [2.24, 2.45) is 0 Å². The van der Waals surface area contributed by atoms with Crippen LogP contribution in [0.4, 0.5) is 5.69 Å². The molecule has 0 aliphatic heterocycles. The zero-order valence-electron chi connectivity index (χ0n) is 8.45. The summed E-state index contributed by atoms with van der Waals surface area (Å²) in [5.41, 5.74) is 6.04. The van der Waals surface area contributed by atoms with Crippen LogP contribution in [0.15, 0.2) is 30.5 Å². The van der Waals surface area contributed by atoms with Crippen LogP contribution in [0.5, 0.6) is 11.6 Å². The first-order chi connectivity index (χ1) is 8.08. The Bertz CT molecular complexity index is 560. The molecule has 1 heterocycles. The molecular formula is C11H7Cl3N2O. The molecule has 2 N–H and O–H groups in total. The smallest absolute Gasteiger partial charge is 0.242 e. The molecule has 0 aliphatic rings. The van der Waals surface area contributed by atoms with E-state index in [4.69, 9.17) is 45.3 Å². The Balaban J connectivity index is 2.35. The van der Waals surface area contributed by atoms with Gasteiger partial charge in [-0.1, -0.05) is 40.9 Å². The third kappa shape index (κ3) is 2.75. The van der Waals surface area contributed by atoms with Gasteiger partial charge in [-0.05, 0) is 18.2 Å². The molecule has 0 spiro atoms. The molecule has 0 aliphatic carbocycles. The number of ether oxygens (including phenoxy) is 1. The molecule has 88 valence electrons. The molecular weight excluding hydrogens is 282 g/mol. The molecule has 0 saturated heterocycles. The zero-order chi connectivity index (χ0) is 12.4. The van der Waals surface area contributed by atoms with Gasteiger partial charge in [0.1, 0.15) is 10.8 Å². The summed E-state index contributed by atoms with van der Waals surface area (Å²) in [6.07, 6.45) is 1.44. The van der Waals surface area contributed by atoms with Crippen molar-refractivity contribution in [3.8, 4) is 11.6 Å². The Labute approximate surface area is 113 Å². The van der Waals surface area contributed by atoms with Gasteiger partial charge in [-0.2, -0.15) is 0 Å². The molecule has 2 rings (SSSR count). The van der Waals surface area contributed by atoms with E-state index in [1.165, 1.54) is 6.20 Å². The molecule has 0 atom stereocenters. The Hall–Kier alpha value is -1.16. The molecule has 0 amide bonds. The van der Waals surface area contributed by atoms with Gasteiger partial charge in [-0.3, -0.25) is 0 Å². The number of halogens is 3. The molecule has 0 bridgehead atoms. The maximum Gasteiger partial charge on any atom is 0.242 e. The van der Waals surface area contributed by atoms with E-state index in [9.17, 15) is 0 Å². The topological polar surface area (TPSA) is 48.1 Å². The van der Waals surface area contributed by atoms with Crippen LogP contribution >= 0.6 is 34.8 Å². The van der Waals surface area contributed by atoms with Crippen molar-refractivity contribution in [1.82, 2.24) is 4.98 Å². The summed E-state index contributed by atoms with van der Waals surface area (Å²) in [6.45, 7) is 0. The number of nitrogens with two attached hydrogens (primary N) is 1. The van der Waals surface area contributed by atoms with Crippen molar-refractivity contribution >= 4 is 40.5 Å². The summed E-state index contributed by atoms with van der Waals surface area (Å²) in [6, 6.07) is 6.59. The molecule has 0 radical (unpaired) electrons. The Morgan fingerprint density at radius 2 is 1.94 bits per heavy atom. The Morgan fingerprint density at radius 3 is 2.65 bits per heavy atom. The summed E-state index contributed by atoms with van der Waals surface area (Å²) < 4.78 is 5.46. The quantitative estimate of drug-likeness (QED) is 0.890. The maximum absolute atomic E-state index is 5.98. The van der Waals surface area contributed by atoms with E-state index in [0.29, 0.717) is 26.5 Å². The number of rotatable bonds is 2. The third-order valence-corrected chi connectivity index (χ3v) is 2.98. The number of hydrogen-bond acceptors (Lipinski definition) is 3. The predicted octanol–water partition coefficient (Wildman–Crippen LogP) is 4.42. The highest BCUT2D eigenvalue weighted by Gasteiger charge is 2.09. The predicted molar refractivity (Wildman–Crippen MR) is 70.2 cm³/mol. The number of hydrogen-bond donors (Lipinski definition) is 1. The van der Waals surface area contributed by atoms with E-state index in [0.717, 1.165) is 0 Å². The molecule has 3 nitrogen and oxygen atoms in total. The van der Waals surface area contributed by atoms with Gasteiger partial charge in [-0.15, -0.1) is 0 Å². The molecule has 0 saturated carbocycles. The fourth-order valence-corrected chi connectivity index (χ4v) is 1.69. The standard InChI is InChI=1S/C11H7Cl3N2O/c12-6-4-8(15)11(16-5-6)17-9-3-1-2-7(13)10(9)14/h1-5H,15H2. The molecule has 1 aromatic carbocycles. The van der Waals surface area contributed by atoms with Gasteiger partial charge in [0, 0.05) is 6.20 Å². The van der Waals surface area contributed by atoms with Crippen LogP contribution < -0.4 is 10.5 Å². The summed E-state index contributed by atoms with van der Waals surface area (Å²) in [5, 5.41) is 1.15. The monoisotopic (exact) mass is 288 g/mol. The lowest BCUT2D eigenvalue weighted by molar-refractivity contribution is 0.466. The fraction of sp³-hybridized carbons (Fsp3) is 0. The van der Waals surface area contributed by atoms with Crippen molar-refractivity contribution in [2.75, 3.05) is 5.73 Å². The van der Waals surface area contributed by atoms with Gasteiger partial charge >= 0.3 is 0 Å². The van der Waals surface area contributed by atoms with Crippen molar-refractivity contribution in [1.29, 1.82) is 0 Å². The van der Waals surface area contributed by atoms with Crippen molar-refractivity contribution in [3.63, 3.8) is 0 Å². The van der Waals surface area contributed by atoms with Crippen LogP contribution in [0.3, 0.4) is 0 Å². The van der Waals surface area contributed by atoms with Crippen molar-refractivity contribution < 1.29 is 4.74 Å². The Morgan fingerprint density at radius 1 is 1.18 bits per heavy atom. The normalized spacial score (nSPS) is 10.3. The van der Waals surface area contributed by atoms with Gasteiger partial charge in [-0.25, -0.2) is 4.98 Å². The summed E-state index contributed by atoms with van der Waals surface area (Å²) in [7, 11) is 0. The highest BCUT2D eigenvalue weighted by atomic mass is 35.5. The summed E-state index contributed by atoms with van der Waals surface area (Å²) in [4.78, 5) is 3.96. The molecule has 1 aromatic heterocycles. The van der Waals surface area contributed by atoms with E-state index in [1.807, 2.05) is 0 Å². The van der Waals surface area contributed by atoms with Gasteiger partial charge in [0.25, 0.3) is 0 Å². The third-order valence-electron chi connectivity index (χ3n) is 1.97. The molecule has 0 unspecified atom stereocenters. The van der Waals surface area contributed by atoms with Gasteiger partial charge in [0.05, 0.1) is 15.7 Å². The lowest BCUT2D eigenvalue weighted by Gasteiger charge is -2.09. The maximum atomic E-state index is 5.98. The first-order valence-corrected chi connectivity index (χ1v) is 5.74. The van der Waals surface area contributed by atoms with E-state index in [2.05, 4.69) is 4.98 Å². The first-order valence-electron chi connectivity index (χ1n) is 4.61. The largest absolute Gasteiger partial charge is 0.435 e. The second kappa shape index (κ2) is 5.00. The zero-order valence-corrected chi connectivity index (χ0v) is 10.7. The second-order valence-corrected chi connectivity index (χ2v) is 4.42. The average molecular weight is 290 g/mol. The van der Waals surface area contributed by atoms with Crippen LogP contribution in [0.2, 0.25) is 15.1 Å². The molecule has 17 heavy (non-hydrogen) atoms. The minimum atomic E-state index is 0.235.